The van der Waals surface area contributed by atoms with Gasteiger partial charge in [-0.1, -0.05) is 7.43 Å². The summed E-state index contributed by atoms with van der Waals surface area (Å²) in [7, 11) is 0. The molecule has 0 atom stereocenters. The lowest BCUT2D eigenvalue weighted by Gasteiger charge is -2.37. The zero-order valence-corrected chi connectivity index (χ0v) is 25.0. The number of halogens is 2. The van der Waals surface area contributed by atoms with E-state index in [1.807, 2.05) is 9.47 Å². The van der Waals surface area contributed by atoms with Gasteiger partial charge in [-0.05, 0) is 69.4 Å². The van der Waals surface area contributed by atoms with Crippen LogP contribution in [0.1, 0.15) is 64.8 Å². The number of benzene rings is 1. The molecule has 4 N–H and O–H groups in total. The van der Waals surface area contributed by atoms with Gasteiger partial charge in [-0.3, -0.25) is 14.3 Å². The maximum absolute atomic E-state index is 14.6. The number of carbonyl (C=O) groups is 1. The third-order valence-corrected chi connectivity index (χ3v) is 9.56. The summed E-state index contributed by atoms with van der Waals surface area (Å²) in [5.41, 5.74) is 1.32. The monoisotopic (exact) mass is 628 g/mol. The molecule has 0 unspecified atom stereocenters. The van der Waals surface area contributed by atoms with Gasteiger partial charge in [0.25, 0.3) is 0 Å². The van der Waals surface area contributed by atoms with E-state index in [2.05, 4.69) is 20.5 Å². The number of hydrogen-bond acceptors (Lipinski definition) is 9. The molecule has 2 saturated carbocycles. The lowest BCUT2D eigenvalue weighted by atomic mass is 9.85. The average molecular weight is 629 g/mol. The number of piperazine rings is 1. The van der Waals surface area contributed by atoms with Gasteiger partial charge in [0, 0.05) is 63.4 Å². The minimum atomic E-state index is -0.709. The van der Waals surface area contributed by atoms with Gasteiger partial charge < -0.3 is 25.7 Å². The van der Waals surface area contributed by atoms with Crippen LogP contribution < -0.4 is 10.6 Å². The van der Waals surface area contributed by atoms with E-state index >= 15 is 0 Å². The lowest BCUT2D eigenvalue weighted by Crippen LogP contribution is -2.51. The van der Waals surface area contributed by atoms with Crippen LogP contribution in [0.25, 0.3) is 11.2 Å². The van der Waals surface area contributed by atoms with Gasteiger partial charge in [-0.15, -0.1) is 0 Å². The van der Waals surface area contributed by atoms with Crippen LogP contribution in [0.4, 0.5) is 26.4 Å². The van der Waals surface area contributed by atoms with Crippen molar-refractivity contribution in [3.05, 3.63) is 36.0 Å². The highest BCUT2D eigenvalue weighted by atomic mass is 19.1. The number of hydrogen-bond donors (Lipinski definition) is 4. The number of imidazole rings is 1. The molecule has 2 aromatic heterocycles. The van der Waals surface area contributed by atoms with E-state index in [0.29, 0.717) is 42.7 Å². The average Bonchev–Trinajstić information content (AvgIpc) is 3.40. The number of amides is 1. The first-order chi connectivity index (χ1) is 21.4. The number of carbonyl (C=O) groups excluding carboxylic acids is 1. The summed E-state index contributed by atoms with van der Waals surface area (Å²) in [6.07, 6.45) is 8.31. The Morgan fingerprint density at radius 2 is 1.69 bits per heavy atom. The minimum absolute atomic E-state index is 0. The van der Waals surface area contributed by atoms with Crippen molar-refractivity contribution in [2.24, 2.45) is 11.8 Å². The van der Waals surface area contributed by atoms with Gasteiger partial charge in [0.05, 0.1) is 18.5 Å². The molecule has 3 aromatic rings. The molecule has 0 spiro atoms. The van der Waals surface area contributed by atoms with Gasteiger partial charge in [-0.2, -0.15) is 4.98 Å². The third-order valence-electron chi connectivity index (χ3n) is 9.56. The summed E-state index contributed by atoms with van der Waals surface area (Å²) in [4.78, 5) is 31.4. The Morgan fingerprint density at radius 1 is 0.956 bits per heavy atom. The topological polar surface area (TPSA) is 132 Å². The summed E-state index contributed by atoms with van der Waals surface area (Å²) in [5.74, 6) is 0.0633. The first-order valence-corrected chi connectivity index (χ1v) is 15.9. The van der Waals surface area contributed by atoms with Gasteiger partial charge in [0.2, 0.25) is 17.8 Å². The van der Waals surface area contributed by atoms with Gasteiger partial charge in [0.15, 0.2) is 5.65 Å². The van der Waals surface area contributed by atoms with Crippen LogP contribution >= 0.6 is 0 Å². The number of aromatic nitrogens is 4. The molecule has 2 aliphatic carbocycles. The van der Waals surface area contributed by atoms with Crippen LogP contribution in [-0.4, -0.2) is 97.4 Å². The van der Waals surface area contributed by atoms with Gasteiger partial charge in [0.1, 0.15) is 17.2 Å². The fraction of sp³-hybridized carbons (Fsp3) is 0.625. The minimum Gasteiger partial charge on any atom is -0.396 e. The van der Waals surface area contributed by atoms with Crippen molar-refractivity contribution < 1.29 is 23.8 Å². The second-order valence-corrected chi connectivity index (χ2v) is 12.4. The molecule has 3 fully saturated rings. The van der Waals surface area contributed by atoms with E-state index in [0.717, 1.165) is 70.5 Å². The standard InChI is InChI=1S/C31H42F2N8O3.CH4/c32-22-5-10-26(25(33)17-22)36-31-37-27-18-34-30(38-28(27)41(31)24-8-1-20(19-43)2-9-24)35-23-6-3-21(4-7-23)29(44)40-13-11-39(12-14-40)15-16-42;/h5,10,17-18,20-21,23-24,42-43H,1-4,6-9,11-16,19H2,(H,36,37)(H,34,35,38);1H4. The van der Waals surface area contributed by atoms with E-state index in [1.54, 1.807) is 6.20 Å². The molecule has 1 aliphatic heterocycles. The lowest BCUT2D eigenvalue weighted by molar-refractivity contribution is -0.138. The SMILES string of the molecule is C.O=C(C1CCC(Nc2ncc3nc(Nc4ccc(F)cc4F)n(C4CCC(CO)CC4)c3n2)CC1)N1CCN(CCO)CC1. The molecule has 3 aliphatic rings. The number of β-amino-alcohol motifs (C(OH)–C–C–N with tert-alkyl or cyclic N) is 1. The summed E-state index contributed by atoms with van der Waals surface area (Å²) in [6, 6.07) is 3.58. The van der Waals surface area contributed by atoms with Crippen molar-refractivity contribution in [3.63, 3.8) is 0 Å². The van der Waals surface area contributed by atoms with Crippen molar-refractivity contribution in [2.45, 2.75) is 70.9 Å². The summed E-state index contributed by atoms with van der Waals surface area (Å²) in [5, 5.41) is 25.4. The number of anilines is 3. The van der Waals surface area contributed by atoms with Crippen LogP contribution in [0.3, 0.4) is 0 Å². The third kappa shape index (κ3) is 7.53. The molecular weight excluding hydrogens is 582 g/mol. The number of rotatable bonds is 9. The molecule has 3 heterocycles. The van der Waals surface area contributed by atoms with E-state index < -0.39 is 11.6 Å². The highest BCUT2D eigenvalue weighted by Gasteiger charge is 2.32. The Hall–Kier alpha value is -3.42. The van der Waals surface area contributed by atoms with Crippen molar-refractivity contribution in [3.8, 4) is 0 Å². The van der Waals surface area contributed by atoms with E-state index in [1.165, 1.54) is 12.1 Å². The van der Waals surface area contributed by atoms with Crippen LogP contribution in [0.5, 0.6) is 0 Å². The first-order valence-electron chi connectivity index (χ1n) is 15.9. The van der Waals surface area contributed by atoms with Crippen molar-refractivity contribution in [2.75, 3.05) is 56.6 Å². The zero-order chi connectivity index (χ0) is 30.6. The maximum Gasteiger partial charge on any atom is 0.225 e. The highest BCUT2D eigenvalue weighted by molar-refractivity contribution is 5.79. The number of fused-ring (bicyclic) bond motifs is 1. The summed E-state index contributed by atoms with van der Waals surface area (Å²) in [6.45, 7) is 3.99. The second kappa shape index (κ2) is 14.8. The molecule has 1 aromatic carbocycles. The Morgan fingerprint density at radius 3 is 2.36 bits per heavy atom. The predicted molar refractivity (Wildman–Crippen MR) is 169 cm³/mol. The van der Waals surface area contributed by atoms with E-state index in [9.17, 15) is 18.7 Å². The van der Waals surface area contributed by atoms with Crippen LogP contribution in [0.2, 0.25) is 0 Å². The van der Waals surface area contributed by atoms with Gasteiger partial charge >= 0.3 is 0 Å². The number of aliphatic hydroxyl groups is 2. The fourth-order valence-electron chi connectivity index (χ4n) is 6.95. The summed E-state index contributed by atoms with van der Waals surface area (Å²) < 4.78 is 30.1. The molecule has 13 heteroatoms. The maximum atomic E-state index is 14.6. The van der Waals surface area contributed by atoms with E-state index in [-0.39, 0.29) is 56.2 Å². The molecular formula is C32H46F2N8O3. The smallest absolute Gasteiger partial charge is 0.225 e. The molecule has 45 heavy (non-hydrogen) atoms. The molecule has 246 valence electrons. The Bertz CT molecular complexity index is 1430. The zero-order valence-electron chi connectivity index (χ0n) is 25.0. The Labute approximate surface area is 263 Å². The number of nitrogens with zero attached hydrogens (tertiary/aromatic N) is 6. The molecule has 1 amide bonds. The molecule has 0 radical (unpaired) electrons. The number of nitrogens with one attached hydrogen (secondary N) is 2. The quantitative estimate of drug-likeness (QED) is 0.274. The first kappa shape index (κ1) is 33.0. The molecule has 11 nitrogen and oxygen atoms in total. The van der Waals surface area contributed by atoms with Crippen LogP contribution in [0, 0.1) is 23.5 Å². The molecule has 6 rings (SSSR count). The van der Waals surface area contributed by atoms with Crippen LogP contribution in [0.15, 0.2) is 24.4 Å². The second-order valence-electron chi connectivity index (χ2n) is 12.4. The van der Waals surface area contributed by atoms with Crippen molar-refractivity contribution >= 4 is 34.7 Å². The van der Waals surface area contributed by atoms with E-state index in [4.69, 9.17) is 15.1 Å². The Kier molecular flexibility index (Phi) is 10.8. The largest absolute Gasteiger partial charge is 0.396 e. The molecule has 1 saturated heterocycles. The highest BCUT2D eigenvalue weighted by Crippen LogP contribution is 2.37. The predicted octanol–water partition coefficient (Wildman–Crippen LogP) is 4.32. The van der Waals surface area contributed by atoms with Crippen molar-refractivity contribution in [1.29, 1.82) is 0 Å². The van der Waals surface area contributed by atoms with Crippen LogP contribution in [-0.2, 0) is 4.79 Å². The summed E-state index contributed by atoms with van der Waals surface area (Å²) >= 11 is 0. The fourth-order valence-corrected chi connectivity index (χ4v) is 6.95. The van der Waals surface area contributed by atoms with Gasteiger partial charge in [-0.25, -0.2) is 18.7 Å². The normalized spacial score (nSPS) is 24.3. The van der Waals surface area contributed by atoms with Crippen molar-refractivity contribution in [1.82, 2.24) is 29.3 Å². The number of aliphatic hydroxyl groups excluding tert-OH is 2. The molecule has 0 bridgehead atoms. The Balaban J connectivity index is 0.00000400.